The highest BCUT2D eigenvalue weighted by Gasteiger charge is 2.13. The van der Waals surface area contributed by atoms with Gasteiger partial charge >= 0.3 is 0 Å². The summed E-state index contributed by atoms with van der Waals surface area (Å²) >= 11 is 5.49. The average molecular weight is 227 g/mol. The molecule has 0 aliphatic rings. The van der Waals surface area contributed by atoms with E-state index in [1.165, 1.54) is 18.5 Å². The number of rotatable bonds is 2. The third-order valence-corrected chi connectivity index (χ3v) is 2.01. The summed E-state index contributed by atoms with van der Waals surface area (Å²) in [6.07, 6.45) is 3.06. The van der Waals surface area contributed by atoms with Crippen LogP contribution in [0.5, 0.6) is 0 Å². The van der Waals surface area contributed by atoms with Crippen LogP contribution in [0.4, 0.5) is 4.39 Å². The maximum absolute atomic E-state index is 13.5. The summed E-state index contributed by atoms with van der Waals surface area (Å²) in [7, 11) is 0. The molecule has 0 radical (unpaired) electrons. The first-order valence-corrected chi connectivity index (χ1v) is 4.28. The third-order valence-electron chi connectivity index (χ3n) is 1.75. The van der Waals surface area contributed by atoms with E-state index < -0.39 is 5.82 Å². The zero-order valence-electron chi connectivity index (χ0n) is 7.26. The van der Waals surface area contributed by atoms with Gasteiger partial charge in [0.25, 0.3) is 0 Å². The maximum Gasteiger partial charge on any atom is 0.186 e. The summed E-state index contributed by atoms with van der Waals surface area (Å²) in [4.78, 5) is 14.1. The van der Waals surface area contributed by atoms with E-state index in [1.807, 2.05) is 0 Å². The van der Waals surface area contributed by atoms with Crippen LogP contribution >= 0.6 is 11.6 Å². The zero-order valence-corrected chi connectivity index (χ0v) is 8.02. The Morgan fingerprint density at radius 1 is 1.53 bits per heavy atom. The van der Waals surface area contributed by atoms with Crippen molar-refractivity contribution >= 4 is 17.9 Å². The molecular weight excluding hydrogens is 223 g/mol. The molecule has 2 heterocycles. The molecule has 0 unspecified atom stereocenters. The van der Waals surface area contributed by atoms with Gasteiger partial charge in [0.1, 0.15) is 11.4 Å². The SMILES string of the molecule is O=Cc1cnnn1-c1ccnc(Cl)c1F. The van der Waals surface area contributed by atoms with Crippen molar-refractivity contribution in [2.75, 3.05) is 0 Å². The Morgan fingerprint density at radius 3 is 3.07 bits per heavy atom. The highest BCUT2D eigenvalue weighted by atomic mass is 35.5. The third kappa shape index (κ3) is 1.59. The molecule has 2 rings (SSSR count). The van der Waals surface area contributed by atoms with Crippen molar-refractivity contribution in [2.45, 2.75) is 0 Å². The number of carbonyl (C=O) groups is 1. The van der Waals surface area contributed by atoms with Crippen LogP contribution in [0.25, 0.3) is 5.69 Å². The molecule has 0 bridgehead atoms. The Morgan fingerprint density at radius 2 is 2.33 bits per heavy atom. The fraction of sp³-hybridized carbons (Fsp3) is 0. The second kappa shape index (κ2) is 3.74. The molecule has 0 saturated carbocycles. The van der Waals surface area contributed by atoms with Gasteiger partial charge in [-0.1, -0.05) is 16.8 Å². The summed E-state index contributed by atoms with van der Waals surface area (Å²) < 4.78 is 14.5. The Balaban J connectivity index is 2.64. The molecule has 0 aromatic carbocycles. The highest BCUT2D eigenvalue weighted by molar-refractivity contribution is 6.29. The molecule has 0 N–H and O–H groups in total. The second-order valence-corrected chi connectivity index (χ2v) is 2.98. The van der Waals surface area contributed by atoms with Gasteiger partial charge in [-0.3, -0.25) is 4.79 Å². The molecule has 5 nitrogen and oxygen atoms in total. The Kier molecular flexibility index (Phi) is 2.42. The van der Waals surface area contributed by atoms with Crippen LogP contribution < -0.4 is 0 Å². The van der Waals surface area contributed by atoms with Crippen molar-refractivity contribution in [1.29, 1.82) is 0 Å². The number of hydrogen-bond donors (Lipinski definition) is 0. The van der Waals surface area contributed by atoms with Crippen molar-refractivity contribution < 1.29 is 9.18 Å². The van der Waals surface area contributed by atoms with Gasteiger partial charge in [0.15, 0.2) is 17.3 Å². The van der Waals surface area contributed by atoms with E-state index in [4.69, 9.17) is 11.6 Å². The summed E-state index contributed by atoms with van der Waals surface area (Å²) in [6.45, 7) is 0. The molecule has 0 aliphatic carbocycles. The Hall–Kier alpha value is -1.82. The van der Waals surface area contributed by atoms with Gasteiger partial charge in [-0.05, 0) is 6.07 Å². The number of aromatic nitrogens is 4. The maximum atomic E-state index is 13.5. The van der Waals surface area contributed by atoms with Crippen LogP contribution in [0.1, 0.15) is 10.5 Å². The zero-order chi connectivity index (χ0) is 10.8. The van der Waals surface area contributed by atoms with Crippen LogP contribution in [0.2, 0.25) is 5.15 Å². The molecule has 0 atom stereocenters. The lowest BCUT2D eigenvalue weighted by atomic mass is 10.4. The smallest absolute Gasteiger partial charge is 0.186 e. The van der Waals surface area contributed by atoms with Crippen molar-refractivity contribution in [2.24, 2.45) is 0 Å². The number of hydrogen-bond acceptors (Lipinski definition) is 4. The van der Waals surface area contributed by atoms with Gasteiger partial charge in [0.2, 0.25) is 0 Å². The van der Waals surface area contributed by atoms with E-state index in [-0.39, 0.29) is 16.5 Å². The lowest BCUT2D eigenvalue weighted by Gasteiger charge is -2.03. The predicted molar refractivity (Wildman–Crippen MR) is 49.5 cm³/mol. The van der Waals surface area contributed by atoms with Crippen molar-refractivity contribution in [3.05, 3.63) is 35.1 Å². The van der Waals surface area contributed by atoms with Gasteiger partial charge in [0, 0.05) is 6.20 Å². The fourth-order valence-electron chi connectivity index (χ4n) is 1.08. The monoisotopic (exact) mass is 226 g/mol. The molecule has 0 aliphatic heterocycles. The number of pyridine rings is 1. The first-order chi connectivity index (χ1) is 7.24. The molecule has 2 aromatic rings. The van der Waals surface area contributed by atoms with Crippen LogP contribution in [-0.4, -0.2) is 26.3 Å². The van der Waals surface area contributed by atoms with E-state index in [0.29, 0.717) is 6.29 Å². The van der Waals surface area contributed by atoms with Crippen LogP contribution in [0.3, 0.4) is 0 Å². The minimum atomic E-state index is -0.743. The Labute approximate surface area is 88.5 Å². The number of carbonyl (C=O) groups excluding carboxylic acids is 1. The molecular formula is C8H4ClFN4O. The van der Waals surface area contributed by atoms with Crippen LogP contribution in [0.15, 0.2) is 18.5 Å². The minimum Gasteiger partial charge on any atom is -0.296 e. The van der Waals surface area contributed by atoms with E-state index >= 15 is 0 Å². The van der Waals surface area contributed by atoms with E-state index in [0.717, 1.165) is 4.68 Å². The predicted octanol–water partition coefficient (Wildman–Crippen LogP) is 1.27. The van der Waals surface area contributed by atoms with Gasteiger partial charge in [0.05, 0.1) is 6.20 Å². The molecule has 76 valence electrons. The normalized spacial score (nSPS) is 10.3. The standard InChI is InChI=1S/C8H4ClFN4O/c9-8-7(10)6(1-2-11-8)14-5(4-15)3-12-13-14/h1-4H. The van der Waals surface area contributed by atoms with Crippen LogP contribution in [-0.2, 0) is 0 Å². The lowest BCUT2D eigenvalue weighted by Crippen LogP contribution is -2.04. The van der Waals surface area contributed by atoms with Crippen molar-refractivity contribution in [3.8, 4) is 5.69 Å². The fourth-order valence-corrected chi connectivity index (χ4v) is 1.24. The average Bonchev–Trinajstić information content (AvgIpc) is 2.70. The molecule has 0 saturated heterocycles. The summed E-state index contributed by atoms with van der Waals surface area (Å²) in [5.74, 6) is -0.743. The van der Waals surface area contributed by atoms with Crippen LogP contribution in [0, 0.1) is 5.82 Å². The van der Waals surface area contributed by atoms with Gasteiger partial charge in [-0.15, -0.1) is 5.10 Å². The summed E-state index contributed by atoms with van der Waals surface area (Å²) in [6, 6.07) is 1.35. The molecule has 0 spiro atoms. The van der Waals surface area contributed by atoms with E-state index in [1.54, 1.807) is 0 Å². The Bertz CT molecular complexity index is 513. The summed E-state index contributed by atoms with van der Waals surface area (Å²) in [5, 5.41) is 6.78. The van der Waals surface area contributed by atoms with Crippen molar-refractivity contribution in [1.82, 2.24) is 20.0 Å². The highest BCUT2D eigenvalue weighted by Crippen LogP contribution is 2.18. The largest absolute Gasteiger partial charge is 0.296 e. The molecule has 0 fully saturated rings. The number of halogens is 2. The molecule has 0 amide bonds. The molecule has 2 aromatic heterocycles. The van der Waals surface area contributed by atoms with Gasteiger partial charge in [-0.2, -0.15) is 0 Å². The van der Waals surface area contributed by atoms with Gasteiger partial charge in [-0.25, -0.2) is 14.1 Å². The number of nitrogens with zero attached hydrogens (tertiary/aromatic N) is 4. The van der Waals surface area contributed by atoms with Crippen molar-refractivity contribution in [3.63, 3.8) is 0 Å². The second-order valence-electron chi connectivity index (χ2n) is 2.62. The minimum absolute atomic E-state index is 0.0367. The first-order valence-electron chi connectivity index (χ1n) is 3.90. The lowest BCUT2D eigenvalue weighted by molar-refractivity contribution is 0.111. The molecule has 15 heavy (non-hydrogen) atoms. The first kappa shape index (κ1) is 9.72. The molecule has 7 heteroatoms. The quantitative estimate of drug-likeness (QED) is 0.572. The van der Waals surface area contributed by atoms with E-state index in [2.05, 4.69) is 15.3 Å². The van der Waals surface area contributed by atoms with E-state index in [9.17, 15) is 9.18 Å². The topological polar surface area (TPSA) is 60.7 Å². The van der Waals surface area contributed by atoms with Gasteiger partial charge < -0.3 is 0 Å². The number of aldehydes is 1. The summed E-state index contributed by atoms with van der Waals surface area (Å²) in [5.41, 5.74) is 0.172.